The second-order valence-electron chi connectivity index (χ2n) is 15.0. The zero-order chi connectivity index (χ0) is 42.6. The molecule has 0 spiro atoms. The standard InChI is InChI=1S/C22H22FN7O2S.C21H20FN7/c1-33(31,32)29-11-7-17(8-12-29)26-22-25-9-6-18(27-22)21-20(15-2-4-16(23)5-3-15)28-19-14-24-10-13-30(19)21;22-15-3-1-14(2-4-15)19-20(29-12-11-24-13-18(29)28-19)17-7-10-25-21(27-17)26-16-5-8-23-9-6-16/h2-6,9-10,13-14,17H,7-8,11-12H2,1H3,(H,25,26,27);1-4,7,10-13,16,23H,5-6,8-9H2,(H,25,26,27). The van der Waals surface area contributed by atoms with Crippen molar-refractivity contribution in [3.8, 4) is 45.3 Å². The van der Waals surface area contributed by atoms with Crippen LogP contribution in [0.4, 0.5) is 20.7 Å². The number of anilines is 2. The van der Waals surface area contributed by atoms with Crippen molar-refractivity contribution < 1.29 is 17.2 Å². The third-order valence-electron chi connectivity index (χ3n) is 10.8. The van der Waals surface area contributed by atoms with Crippen molar-refractivity contribution in [1.82, 2.24) is 58.3 Å². The first-order chi connectivity index (χ1) is 30.2. The number of benzene rings is 2. The van der Waals surface area contributed by atoms with Crippen molar-refractivity contribution in [2.24, 2.45) is 0 Å². The highest BCUT2D eigenvalue weighted by molar-refractivity contribution is 7.88. The van der Waals surface area contributed by atoms with Crippen LogP contribution in [0.15, 0.2) is 110 Å². The molecule has 0 aliphatic carbocycles. The van der Waals surface area contributed by atoms with E-state index < -0.39 is 10.0 Å². The van der Waals surface area contributed by atoms with Crippen LogP contribution in [0.3, 0.4) is 0 Å². The fourth-order valence-electron chi connectivity index (χ4n) is 7.70. The van der Waals surface area contributed by atoms with Crippen molar-refractivity contribution in [2.75, 3.05) is 43.1 Å². The van der Waals surface area contributed by atoms with Gasteiger partial charge in [-0.1, -0.05) is 0 Å². The molecule has 6 aromatic heterocycles. The molecule has 0 unspecified atom stereocenters. The van der Waals surface area contributed by atoms with E-state index in [1.807, 2.05) is 21.1 Å². The summed E-state index contributed by atoms with van der Waals surface area (Å²) in [6.45, 7) is 2.91. The van der Waals surface area contributed by atoms with Crippen molar-refractivity contribution >= 4 is 33.2 Å². The van der Waals surface area contributed by atoms with Gasteiger partial charge in [0.1, 0.15) is 11.6 Å². The van der Waals surface area contributed by atoms with Gasteiger partial charge in [-0.25, -0.2) is 51.4 Å². The molecule has 0 atom stereocenters. The molecular formula is C43H42F2N14O2S. The van der Waals surface area contributed by atoms with E-state index in [2.05, 4.69) is 35.9 Å². The number of nitrogens with one attached hydrogen (secondary N) is 3. The monoisotopic (exact) mass is 856 g/mol. The molecule has 8 aromatic rings. The largest absolute Gasteiger partial charge is 0.351 e. The van der Waals surface area contributed by atoms with Gasteiger partial charge in [-0.2, -0.15) is 0 Å². The minimum absolute atomic E-state index is 0.0706. The molecule has 0 saturated carbocycles. The Hall–Kier alpha value is -6.83. The Morgan fingerprint density at radius 3 is 1.52 bits per heavy atom. The number of piperidine rings is 2. The third kappa shape index (κ3) is 8.95. The van der Waals surface area contributed by atoms with Crippen LogP contribution >= 0.6 is 0 Å². The van der Waals surface area contributed by atoms with Gasteiger partial charge in [-0.3, -0.25) is 18.8 Å². The van der Waals surface area contributed by atoms with Gasteiger partial charge in [0.05, 0.1) is 52.8 Å². The number of imidazole rings is 2. The van der Waals surface area contributed by atoms with Crippen LogP contribution in [-0.4, -0.2) is 106 Å². The molecule has 0 amide bonds. The van der Waals surface area contributed by atoms with Gasteiger partial charge in [-0.05, 0) is 99.4 Å². The lowest BCUT2D eigenvalue weighted by Gasteiger charge is -2.30. The van der Waals surface area contributed by atoms with Crippen LogP contribution in [0.25, 0.3) is 56.6 Å². The molecule has 2 fully saturated rings. The van der Waals surface area contributed by atoms with Gasteiger partial charge in [0.25, 0.3) is 0 Å². The van der Waals surface area contributed by atoms with Crippen molar-refractivity contribution in [3.05, 3.63) is 122 Å². The van der Waals surface area contributed by atoms with E-state index in [-0.39, 0.29) is 17.7 Å². The first-order valence-corrected chi connectivity index (χ1v) is 22.0. The molecule has 0 bridgehead atoms. The summed E-state index contributed by atoms with van der Waals surface area (Å²) in [5, 5.41) is 10.1. The van der Waals surface area contributed by atoms with Gasteiger partial charge in [0.15, 0.2) is 11.3 Å². The SMILES string of the molecule is CS(=O)(=O)N1CCC(Nc2nccc(-c3c(-c4ccc(F)cc4)nc4cnccn34)n2)CC1.Fc1ccc(-c2nc3cnccn3c2-c2ccnc(NC3CCNCC3)n2)cc1. The van der Waals surface area contributed by atoms with Crippen LogP contribution in [-0.2, 0) is 10.0 Å². The number of halogens is 2. The quantitative estimate of drug-likeness (QED) is 0.154. The van der Waals surface area contributed by atoms with Crippen LogP contribution in [0.2, 0.25) is 0 Å². The Balaban J connectivity index is 0.000000159. The average molecular weight is 857 g/mol. The van der Waals surface area contributed by atoms with E-state index in [9.17, 15) is 17.2 Å². The van der Waals surface area contributed by atoms with E-state index in [0.29, 0.717) is 66.6 Å². The summed E-state index contributed by atoms with van der Waals surface area (Å²) in [7, 11) is -3.18. The van der Waals surface area contributed by atoms with Crippen LogP contribution < -0.4 is 16.0 Å². The molecule has 316 valence electrons. The van der Waals surface area contributed by atoms with E-state index in [0.717, 1.165) is 59.8 Å². The lowest BCUT2D eigenvalue weighted by atomic mass is 10.1. The number of rotatable bonds is 9. The fourth-order valence-corrected chi connectivity index (χ4v) is 8.58. The first kappa shape index (κ1) is 40.6. The fraction of sp³-hybridized carbons (Fsp3) is 0.256. The molecule has 0 radical (unpaired) electrons. The molecule has 2 aliphatic heterocycles. The molecule has 8 heterocycles. The van der Waals surface area contributed by atoms with Crippen molar-refractivity contribution in [2.45, 2.75) is 37.8 Å². The Morgan fingerprint density at radius 2 is 1.06 bits per heavy atom. The van der Waals surface area contributed by atoms with Crippen molar-refractivity contribution in [1.29, 1.82) is 0 Å². The first-order valence-electron chi connectivity index (χ1n) is 20.2. The van der Waals surface area contributed by atoms with Gasteiger partial charge in [0.2, 0.25) is 21.9 Å². The van der Waals surface area contributed by atoms with Gasteiger partial charge < -0.3 is 16.0 Å². The number of hydrogen-bond acceptors (Lipinski definition) is 13. The highest BCUT2D eigenvalue weighted by Gasteiger charge is 2.26. The highest BCUT2D eigenvalue weighted by atomic mass is 32.2. The Labute approximate surface area is 355 Å². The molecule has 16 nitrogen and oxygen atoms in total. The summed E-state index contributed by atoms with van der Waals surface area (Å²) in [6, 6.07) is 16.6. The zero-order valence-corrected chi connectivity index (χ0v) is 34.4. The smallest absolute Gasteiger partial charge is 0.223 e. The minimum Gasteiger partial charge on any atom is -0.351 e. The Kier molecular flexibility index (Phi) is 11.5. The maximum absolute atomic E-state index is 13.5. The summed E-state index contributed by atoms with van der Waals surface area (Å²) in [6.07, 6.45) is 18.5. The summed E-state index contributed by atoms with van der Waals surface area (Å²) in [5.41, 5.74) is 7.28. The summed E-state index contributed by atoms with van der Waals surface area (Å²) >= 11 is 0. The van der Waals surface area contributed by atoms with Gasteiger partial charge >= 0.3 is 0 Å². The highest BCUT2D eigenvalue weighted by Crippen LogP contribution is 2.34. The molecule has 10 rings (SSSR count). The number of hydrogen-bond donors (Lipinski definition) is 3. The third-order valence-corrected chi connectivity index (χ3v) is 12.1. The Bertz CT molecular complexity index is 2930. The molecule has 19 heteroatoms. The van der Waals surface area contributed by atoms with Crippen LogP contribution in [0.1, 0.15) is 25.7 Å². The topological polar surface area (TPSA) is 185 Å². The maximum Gasteiger partial charge on any atom is 0.223 e. The molecule has 3 N–H and O–H groups in total. The predicted molar refractivity (Wildman–Crippen MR) is 231 cm³/mol. The predicted octanol–water partition coefficient (Wildman–Crippen LogP) is 5.98. The summed E-state index contributed by atoms with van der Waals surface area (Å²) in [4.78, 5) is 36.0. The number of fused-ring (bicyclic) bond motifs is 2. The van der Waals surface area contributed by atoms with Crippen LogP contribution in [0, 0.1) is 11.6 Å². The molecule has 2 saturated heterocycles. The van der Waals surface area contributed by atoms with Gasteiger partial charge in [-0.15, -0.1) is 0 Å². The normalized spacial score (nSPS) is 15.3. The summed E-state index contributed by atoms with van der Waals surface area (Å²) in [5.74, 6) is 0.459. The number of nitrogens with zero attached hydrogens (tertiary/aromatic N) is 11. The van der Waals surface area contributed by atoms with Gasteiger partial charge in [0, 0.05) is 73.5 Å². The molecule has 62 heavy (non-hydrogen) atoms. The lowest BCUT2D eigenvalue weighted by molar-refractivity contribution is 0.331. The van der Waals surface area contributed by atoms with E-state index >= 15 is 0 Å². The lowest BCUT2D eigenvalue weighted by Crippen LogP contribution is -2.42. The zero-order valence-electron chi connectivity index (χ0n) is 33.6. The number of sulfonamides is 1. The second-order valence-corrected chi connectivity index (χ2v) is 17.0. The molecule has 2 aromatic carbocycles. The van der Waals surface area contributed by atoms with E-state index in [1.165, 1.54) is 34.8 Å². The van der Waals surface area contributed by atoms with Crippen LogP contribution in [0.5, 0.6) is 0 Å². The van der Waals surface area contributed by atoms with E-state index in [1.54, 1.807) is 73.7 Å². The minimum atomic E-state index is -3.18. The molecular weight excluding hydrogens is 815 g/mol. The molecule has 2 aliphatic rings. The Morgan fingerprint density at radius 1 is 0.613 bits per heavy atom. The summed E-state index contributed by atoms with van der Waals surface area (Å²) < 4.78 is 55.8. The number of aromatic nitrogens is 10. The average Bonchev–Trinajstić information content (AvgIpc) is 3.87. The van der Waals surface area contributed by atoms with Crippen molar-refractivity contribution in [3.63, 3.8) is 0 Å². The second kappa shape index (κ2) is 17.6. The van der Waals surface area contributed by atoms with E-state index in [4.69, 9.17) is 19.9 Å². The maximum atomic E-state index is 13.5.